The van der Waals surface area contributed by atoms with Gasteiger partial charge in [-0.2, -0.15) is 0 Å². The van der Waals surface area contributed by atoms with Crippen molar-refractivity contribution >= 4 is 5.91 Å². The van der Waals surface area contributed by atoms with Gasteiger partial charge in [0.1, 0.15) is 13.2 Å². The molecular weight excluding hydrogens is 244 g/mol. The van der Waals surface area contributed by atoms with Crippen LogP contribution < -0.4 is 20.1 Å². The minimum atomic E-state index is -0.101. The summed E-state index contributed by atoms with van der Waals surface area (Å²) in [6.45, 7) is 2.72. The van der Waals surface area contributed by atoms with Gasteiger partial charge in [0, 0.05) is 12.6 Å². The van der Waals surface area contributed by atoms with Gasteiger partial charge < -0.3 is 20.1 Å². The van der Waals surface area contributed by atoms with Crippen LogP contribution in [-0.2, 0) is 0 Å². The van der Waals surface area contributed by atoms with Crippen LogP contribution in [0.25, 0.3) is 0 Å². The number of fused-ring (bicyclic) bond motifs is 1. The number of benzene rings is 1. The van der Waals surface area contributed by atoms with E-state index in [2.05, 4.69) is 10.6 Å². The molecule has 0 saturated carbocycles. The second-order valence-electron chi connectivity index (χ2n) is 4.83. The lowest BCUT2D eigenvalue weighted by Gasteiger charge is -2.21. The van der Waals surface area contributed by atoms with Crippen molar-refractivity contribution in [3.8, 4) is 11.5 Å². The molecule has 2 aliphatic heterocycles. The molecule has 102 valence electrons. The molecule has 0 spiro atoms. The molecule has 2 heterocycles. The molecule has 2 N–H and O–H groups in total. The SMILES string of the molecule is O=C(NC[C@H]1CCCN1)c1cccc2c1OCCO2. The Balaban J connectivity index is 1.68. The predicted molar refractivity (Wildman–Crippen MR) is 70.8 cm³/mol. The van der Waals surface area contributed by atoms with Gasteiger partial charge in [-0.05, 0) is 31.5 Å². The molecule has 1 saturated heterocycles. The summed E-state index contributed by atoms with van der Waals surface area (Å²) < 4.78 is 11.0. The number of carbonyl (C=O) groups excluding carboxylic acids is 1. The second kappa shape index (κ2) is 5.48. The molecule has 0 radical (unpaired) electrons. The first kappa shape index (κ1) is 12.3. The largest absolute Gasteiger partial charge is 0.486 e. The maximum Gasteiger partial charge on any atom is 0.255 e. The number of amides is 1. The summed E-state index contributed by atoms with van der Waals surface area (Å²) in [7, 11) is 0. The van der Waals surface area contributed by atoms with Crippen LogP contribution >= 0.6 is 0 Å². The summed E-state index contributed by atoms with van der Waals surface area (Å²) in [5.74, 6) is 1.11. The molecule has 0 bridgehead atoms. The zero-order valence-corrected chi connectivity index (χ0v) is 10.8. The molecule has 1 fully saturated rings. The van der Waals surface area contributed by atoms with Gasteiger partial charge in [-0.25, -0.2) is 0 Å². The van der Waals surface area contributed by atoms with Crippen LogP contribution in [0.4, 0.5) is 0 Å². The highest BCUT2D eigenvalue weighted by atomic mass is 16.6. The van der Waals surface area contributed by atoms with Gasteiger partial charge in [-0.1, -0.05) is 6.07 Å². The first-order valence-electron chi connectivity index (χ1n) is 6.75. The number of rotatable bonds is 3. The van der Waals surface area contributed by atoms with E-state index < -0.39 is 0 Å². The Morgan fingerprint density at radius 3 is 3.11 bits per heavy atom. The fraction of sp³-hybridized carbons (Fsp3) is 0.500. The van der Waals surface area contributed by atoms with Gasteiger partial charge in [0.2, 0.25) is 0 Å². The van der Waals surface area contributed by atoms with Crippen LogP contribution in [0.1, 0.15) is 23.2 Å². The van der Waals surface area contributed by atoms with Crippen LogP contribution in [0, 0.1) is 0 Å². The third-order valence-corrected chi connectivity index (χ3v) is 3.48. The molecular formula is C14H18N2O3. The monoisotopic (exact) mass is 262 g/mol. The van der Waals surface area contributed by atoms with Crippen LogP contribution in [0.5, 0.6) is 11.5 Å². The number of nitrogens with one attached hydrogen (secondary N) is 2. The van der Waals surface area contributed by atoms with E-state index in [1.165, 1.54) is 6.42 Å². The predicted octanol–water partition coefficient (Wildman–Crippen LogP) is 0.940. The van der Waals surface area contributed by atoms with Crippen molar-refractivity contribution in [2.75, 3.05) is 26.3 Å². The number of ether oxygens (including phenoxy) is 2. The lowest BCUT2D eigenvalue weighted by atomic mass is 10.1. The summed E-state index contributed by atoms with van der Waals surface area (Å²) in [5.41, 5.74) is 0.551. The van der Waals surface area contributed by atoms with Crippen LogP contribution in [0.2, 0.25) is 0 Å². The quantitative estimate of drug-likeness (QED) is 0.851. The summed E-state index contributed by atoms with van der Waals surface area (Å²) >= 11 is 0. The lowest BCUT2D eigenvalue weighted by molar-refractivity contribution is 0.0939. The number of para-hydroxylation sites is 1. The topological polar surface area (TPSA) is 59.6 Å². The van der Waals surface area contributed by atoms with Crippen LogP contribution in [0.15, 0.2) is 18.2 Å². The molecule has 1 atom stereocenters. The number of hydrogen-bond donors (Lipinski definition) is 2. The Morgan fingerprint density at radius 1 is 1.37 bits per heavy atom. The molecule has 5 heteroatoms. The van der Waals surface area contributed by atoms with Gasteiger partial charge in [-0.3, -0.25) is 4.79 Å². The van der Waals surface area contributed by atoms with E-state index in [1.807, 2.05) is 12.1 Å². The molecule has 2 aliphatic rings. The third-order valence-electron chi connectivity index (χ3n) is 3.48. The van der Waals surface area contributed by atoms with Crippen LogP contribution in [-0.4, -0.2) is 38.3 Å². The summed E-state index contributed by atoms with van der Waals surface area (Å²) in [6.07, 6.45) is 2.30. The van der Waals surface area contributed by atoms with Gasteiger partial charge in [0.25, 0.3) is 5.91 Å². The smallest absolute Gasteiger partial charge is 0.255 e. The Morgan fingerprint density at radius 2 is 2.26 bits per heavy atom. The Bertz CT molecular complexity index is 470. The fourth-order valence-corrected chi connectivity index (χ4v) is 2.49. The van der Waals surface area contributed by atoms with Crippen molar-refractivity contribution in [2.45, 2.75) is 18.9 Å². The molecule has 1 aromatic rings. The summed E-state index contributed by atoms with van der Waals surface area (Å²) in [5, 5.41) is 6.31. The van der Waals surface area contributed by atoms with Crippen LogP contribution in [0.3, 0.4) is 0 Å². The highest BCUT2D eigenvalue weighted by Crippen LogP contribution is 2.33. The fourth-order valence-electron chi connectivity index (χ4n) is 2.49. The minimum Gasteiger partial charge on any atom is -0.486 e. The van der Waals surface area contributed by atoms with E-state index in [0.29, 0.717) is 42.9 Å². The minimum absolute atomic E-state index is 0.101. The lowest BCUT2D eigenvalue weighted by Crippen LogP contribution is -2.37. The molecule has 0 unspecified atom stereocenters. The van der Waals surface area contributed by atoms with E-state index in [0.717, 1.165) is 13.0 Å². The van der Waals surface area contributed by atoms with E-state index >= 15 is 0 Å². The maximum atomic E-state index is 12.2. The van der Waals surface area contributed by atoms with E-state index in [4.69, 9.17) is 9.47 Å². The van der Waals surface area contributed by atoms with Crippen molar-refractivity contribution < 1.29 is 14.3 Å². The van der Waals surface area contributed by atoms with Gasteiger partial charge >= 0.3 is 0 Å². The normalized spacial score (nSPS) is 21.2. The molecule has 0 aliphatic carbocycles. The number of hydrogen-bond acceptors (Lipinski definition) is 4. The highest BCUT2D eigenvalue weighted by molar-refractivity contribution is 5.97. The standard InChI is InChI=1S/C14H18N2O3/c17-14(16-9-10-3-2-6-15-10)11-4-1-5-12-13(11)19-8-7-18-12/h1,4-5,10,15H,2-3,6-9H2,(H,16,17)/t10-/m1/s1. The van der Waals surface area contributed by atoms with Gasteiger partial charge in [0.05, 0.1) is 5.56 Å². The first-order valence-corrected chi connectivity index (χ1v) is 6.75. The Labute approximate surface area is 112 Å². The first-order chi connectivity index (χ1) is 9.34. The maximum absolute atomic E-state index is 12.2. The molecule has 5 nitrogen and oxygen atoms in total. The van der Waals surface area contributed by atoms with E-state index in [-0.39, 0.29) is 5.91 Å². The highest BCUT2D eigenvalue weighted by Gasteiger charge is 2.21. The molecule has 0 aromatic heterocycles. The van der Waals surface area contributed by atoms with Gasteiger partial charge in [0.15, 0.2) is 11.5 Å². The van der Waals surface area contributed by atoms with Crippen molar-refractivity contribution in [3.63, 3.8) is 0 Å². The number of carbonyl (C=O) groups is 1. The molecule has 1 amide bonds. The average molecular weight is 262 g/mol. The van der Waals surface area contributed by atoms with E-state index in [1.54, 1.807) is 6.07 Å². The zero-order chi connectivity index (χ0) is 13.1. The van der Waals surface area contributed by atoms with Crippen molar-refractivity contribution in [2.24, 2.45) is 0 Å². The van der Waals surface area contributed by atoms with Crippen molar-refractivity contribution in [1.82, 2.24) is 10.6 Å². The summed E-state index contributed by atoms with van der Waals surface area (Å²) in [6, 6.07) is 5.80. The van der Waals surface area contributed by atoms with Crippen molar-refractivity contribution in [1.29, 1.82) is 0 Å². The van der Waals surface area contributed by atoms with Gasteiger partial charge in [-0.15, -0.1) is 0 Å². The zero-order valence-electron chi connectivity index (χ0n) is 10.8. The second-order valence-corrected chi connectivity index (χ2v) is 4.83. The molecule has 19 heavy (non-hydrogen) atoms. The average Bonchev–Trinajstić information content (AvgIpc) is 2.97. The molecule has 1 aromatic carbocycles. The summed E-state index contributed by atoms with van der Waals surface area (Å²) in [4.78, 5) is 12.2. The van der Waals surface area contributed by atoms with E-state index in [9.17, 15) is 4.79 Å². The van der Waals surface area contributed by atoms with Crippen molar-refractivity contribution in [3.05, 3.63) is 23.8 Å². The third kappa shape index (κ3) is 2.66. The molecule has 3 rings (SSSR count). The Hall–Kier alpha value is -1.75. The Kier molecular flexibility index (Phi) is 3.55.